The van der Waals surface area contributed by atoms with E-state index in [1.165, 1.54) is 9.09 Å². The second-order valence-corrected chi connectivity index (χ2v) is 6.36. The summed E-state index contributed by atoms with van der Waals surface area (Å²) in [5.41, 5.74) is 1.86. The second kappa shape index (κ2) is 6.07. The summed E-state index contributed by atoms with van der Waals surface area (Å²) in [6.07, 6.45) is 0. The van der Waals surface area contributed by atoms with E-state index in [0.717, 1.165) is 11.3 Å². The van der Waals surface area contributed by atoms with E-state index in [0.29, 0.717) is 5.56 Å². The van der Waals surface area contributed by atoms with Gasteiger partial charge in [0.1, 0.15) is 0 Å². The molecule has 2 rings (SSSR count). The highest BCUT2D eigenvalue weighted by molar-refractivity contribution is 8.01. The fraction of sp³-hybridized carbons (Fsp3) is 0.214. The number of hydrogen-bond acceptors (Lipinski definition) is 3. The van der Waals surface area contributed by atoms with E-state index in [-0.39, 0.29) is 5.91 Å². The Kier molecular flexibility index (Phi) is 4.44. The molecule has 4 heteroatoms. The molecule has 1 amide bonds. The molecule has 0 saturated heterocycles. The van der Waals surface area contributed by atoms with Crippen molar-refractivity contribution in [2.24, 2.45) is 0 Å². The molecule has 0 unspecified atom stereocenters. The van der Waals surface area contributed by atoms with E-state index in [1.54, 1.807) is 18.4 Å². The van der Waals surface area contributed by atoms with Gasteiger partial charge in [0.25, 0.3) is 5.91 Å². The first-order valence-corrected chi connectivity index (χ1v) is 7.60. The zero-order valence-electron chi connectivity index (χ0n) is 10.4. The summed E-state index contributed by atoms with van der Waals surface area (Å²) in [6.45, 7) is 2.15. The van der Waals surface area contributed by atoms with Crippen molar-refractivity contribution < 1.29 is 4.79 Å². The Labute approximate surface area is 115 Å². The van der Waals surface area contributed by atoms with Gasteiger partial charge in [0, 0.05) is 17.5 Å². The molecule has 0 bridgehead atoms. The molecule has 0 atom stereocenters. The highest BCUT2D eigenvalue weighted by atomic mass is 32.2. The van der Waals surface area contributed by atoms with Crippen LogP contribution in [0, 0.1) is 0 Å². The number of amides is 1. The minimum Gasteiger partial charge on any atom is -0.355 e. The van der Waals surface area contributed by atoms with Gasteiger partial charge in [-0.05, 0) is 35.6 Å². The largest absolute Gasteiger partial charge is 0.355 e. The van der Waals surface area contributed by atoms with Crippen LogP contribution in [-0.2, 0) is 0 Å². The van der Waals surface area contributed by atoms with Crippen molar-refractivity contribution in [3.8, 4) is 10.4 Å². The molecule has 1 heterocycles. The number of benzene rings is 1. The van der Waals surface area contributed by atoms with Crippen LogP contribution in [0.4, 0.5) is 0 Å². The van der Waals surface area contributed by atoms with Gasteiger partial charge < -0.3 is 5.32 Å². The highest BCUT2D eigenvalue weighted by Gasteiger charge is 2.05. The first kappa shape index (κ1) is 13.2. The third-order valence-electron chi connectivity index (χ3n) is 2.53. The maximum Gasteiger partial charge on any atom is 0.251 e. The van der Waals surface area contributed by atoms with Crippen molar-refractivity contribution in [2.75, 3.05) is 12.8 Å². The van der Waals surface area contributed by atoms with Gasteiger partial charge in [0.05, 0.1) is 4.21 Å². The average Bonchev–Trinajstić information content (AvgIpc) is 2.87. The molecule has 1 N–H and O–H groups in total. The number of rotatable bonds is 4. The van der Waals surface area contributed by atoms with Crippen molar-refractivity contribution in [3.63, 3.8) is 0 Å². The molecule has 1 aromatic carbocycles. The third kappa shape index (κ3) is 2.94. The van der Waals surface area contributed by atoms with Gasteiger partial charge in [-0.2, -0.15) is 0 Å². The summed E-state index contributed by atoms with van der Waals surface area (Å²) < 4.78 is 1.34. The molecule has 0 aliphatic rings. The van der Waals surface area contributed by atoms with Gasteiger partial charge in [-0.1, -0.05) is 19.1 Å². The molecule has 0 saturated carbocycles. The maximum atomic E-state index is 11.4. The standard InChI is InChI=1S/C14H15NOS2/c1-3-17-13-9-8-12(18-13)10-4-6-11(7-5-10)14(16)15-2/h4-9H,3H2,1-2H3,(H,15,16). The zero-order chi connectivity index (χ0) is 13.0. The normalized spacial score (nSPS) is 10.3. The lowest BCUT2D eigenvalue weighted by atomic mass is 10.1. The zero-order valence-corrected chi connectivity index (χ0v) is 12.0. The molecule has 94 valence electrons. The van der Waals surface area contributed by atoms with Gasteiger partial charge in [0.15, 0.2) is 0 Å². The van der Waals surface area contributed by atoms with Crippen molar-refractivity contribution >= 4 is 29.0 Å². The molecule has 18 heavy (non-hydrogen) atoms. The number of carbonyl (C=O) groups excluding carboxylic acids is 1. The van der Waals surface area contributed by atoms with E-state index in [1.807, 2.05) is 36.0 Å². The van der Waals surface area contributed by atoms with Crippen LogP contribution < -0.4 is 5.32 Å². The third-order valence-corrected chi connectivity index (χ3v) is 4.77. The fourth-order valence-electron chi connectivity index (χ4n) is 1.63. The molecular weight excluding hydrogens is 262 g/mol. The molecule has 0 spiro atoms. The SMILES string of the molecule is CCSc1ccc(-c2ccc(C(=O)NC)cc2)s1. The number of nitrogens with one attached hydrogen (secondary N) is 1. The van der Waals surface area contributed by atoms with Gasteiger partial charge in [-0.3, -0.25) is 4.79 Å². The van der Waals surface area contributed by atoms with E-state index >= 15 is 0 Å². The van der Waals surface area contributed by atoms with Crippen LogP contribution >= 0.6 is 23.1 Å². The average molecular weight is 277 g/mol. The van der Waals surface area contributed by atoms with Gasteiger partial charge in [0.2, 0.25) is 0 Å². The second-order valence-electron chi connectivity index (χ2n) is 3.71. The fourth-order valence-corrected chi connectivity index (χ4v) is 3.68. The van der Waals surface area contributed by atoms with Gasteiger partial charge in [-0.15, -0.1) is 23.1 Å². The summed E-state index contributed by atoms with van der Waals surface area (Å²) in [6, 6.07) is 12.0. The Morgan fingerprint density at radius 3 is 2.56 bits per heavy atom. The van der Waals surface area contributed by atoms with E-state index in [9.17, 15) is 4.79 Å². The lowest BCUT2D eigenvalue weighted by Gasteiger charge is -2.01. The van der Waals surface area contributed by atoms with Crippen molar-refractivity contribution in [1.82, 2.24) is 5.32 Å². The molecule has 2 aromatic rings. The summed E-state index contributed by atoms with van der Waals surface area (Å²) in [7, 11) is 1.64. The minimum atomic E-state index is -0.0463. The molecule has 1 aromatic heterocycles. The van der Waals surface area contributed by atoms with Crippen molar-refractivity contribution in [2.45, 2.75) is 11.1 Å². The monoisotopic (exact) mass is 277 g/mol. The predicted octanol–water partition coefficient (Wildman–Crippen LogP) is 3.89. The molecule has 2 nitrogen and oxygen atoms in total. The van der Waals surface area contributed by atoms with Crippen LogP contribution in [-0.4, -0.2) is 18.7 Å². The first-order valence-electron chi connectivity index (χ1n) is 5.79. The Balaban J connectivity index is 2.20. The number of hydrogen-bond donors (Lipinski definition) is 1. The van der Waals surface area contributed by atoms with Crippen LogP contribution in [0.1, 0.15) is 17.3 Å². The van der Waals surface area contributed by atoms with Gasteiger partial charge in [-0.25, -0.2) is 0 Å². The summed E-state index contributed by atoms with van der Waals surface area (Å²) in [4.78, 5) is 12.7. The Bertz CT molecular complexity index is 531. The van der Waals surface area contributed by atoms with E-state index < -0.39 is 0 Å². The number of carbonyl (C=O) groups is 1. The van der Waals surface area contributed by atoms with Crippen LogP contribution in [0.3, 0.4) is 0 Å². The summed E-state index contributed by atoms with van der Waals surface area (Å²) in [5.74, 6) is 1.05. The number of thiophene rings is 1. The summed E-state index contributed by atoms with van der Waals surface area (Å²) >= 11 is 3.65. The van der Waals surface area contributed by atoms with Gasteiger partial charge >= 0.3 is 0 Å². The topological polar surface area (TPSA) is 29.1 Å². The summed E-state index contributed by atoms with van der Waals surface area (Å²) in [5, 5.41) is 2.62. The van der Waals surface area contributed by atoms with Crippen LogP contribution in [0.2, 0.25) is 0 Å². The molecule has 0 aliphatic heterocycles. The van der Waals surface area contributed by atoms with Crippen LogP contribution in [0.25, 0.3) is 10.4 Å². The molecule has 0 aliphatic carbocycles. The Morgan fingerprint density at radius 1 is 1.22 bits per heavy atom. The molecular formula is C14H15NOS2. The van der Waals surface area contributed by atoms with Crippen LogP contribution in [0.5, 0.6) is 0 Å². The molecule has 0 fully saturated rings. The Hall–Kier alpha value is -1.26. The smallest absolute Gasteiger partial charge is 0.251 e. The van der Waals surface area contributed by atoms with Crippen molar-refractivity contribution in [3.05, 3.63) is 42.0 Å². The van der Waals surface area contributed by atoms with Crippen molar-refractivity contribution in [1.29, 1.82) is 0 Å². The lowest BCUT2D eigenvalue weighted by Crippen LogP contribution is -2.17. The maximum absolute atomic E-state index is 11.4. The lowest BCUT2D eigenvalue weighted by molar-refractivity contribution is 0.0963. The van der Waals surface area contributed by atoms with Crippen LogP contribution in [0.15, 0.2) is 40.6 Å². The first-order chi connectivity index (χ1) is 8.74. The van der Waals surface area contributed by atoms with E-state index in [4.69, 9.17) is 0 Å². The number of thioether (sulfide) groups is 1. The van der Waals surface area contributed by atoms with E-state index in [2.05, 4.69) is 24.4 Å². The minimum absolute atomic E-state index is 0.0463. The quantitative estimate of drug-likeness (QED) is 0.859. The highest BCUT2D eigenvalue weighted by Crippen LogP contribution is 2.33. The predicted molar refractivity (Wildman–Crippen MR) is 79.5 cm³/mol. The Morgan fingerprint density at radius 2 is 1.94 bits per heavy atom. The molecule has 0 radical (unpaired) electrons.